The molecule has 160 valence electrons. The van der Waals surface area contributed by atoms with Gasteiger partial charge in [0.15, 0.2) is 0 Å². The Morgan fingerprint density at radius 3 is 2.47 bits per heavy atom. The summed E-state index contributed by atoms with van der Waals surface area (Å²) < 4.78 is 0. The number of anilines is 2. The van der Waals surface area contributed by atoms with Crippen molar-refractivity contribution >= 4 is 17.3 Å². The molecule has 2 aliphatic heterocycles. The number of carbonyl (C=O) groups excluding carboxylic acids is 1. The molecule has 0 radical (unpaired) electrons. The molecule has 0 aliphatic carbocycles. The number of para-hydroxylation sites is 1. The maximum atomic E-state index is 13.2. The molecule has 0 aromatic heterocycles. The summed E-state index contributed by atoms with van der Waals surface area (Å²) >= 11 is 0. The standard InChI is InChI=1S/C25H33N3O2/c1-25(2,30)21-8-6-9-22(18-21)28-12-11-20(24(28)29)17-19-7-4-5-10-23(19)27-15-13-26(3)14-16-27/h4-10,18,20,30H,11-17H2,1-3H3/t20-/m1/s1. The third-order valence-electron chi connectivity index (χ3n) is 6.48. The van der Waals surface area contributed by atoms with Crippen LogP contribution >= 0.6 is 0 Å². The highest BCUT2D eigenvalue weighted by Gasteiger charge is 2.33. The van der Waals surface area contributed by atoms with Gasteiger partial charge in [-0.2, -0.15) is 0 Å². The van der Waals surface area contributed by atoms with E-state index in [4.69, 9.17) is 0 Å². The van der Waals surface area contributed by atoms with Gasteiger partial charge < -0.3 is 19.8 Å². The number of hydrogen-bond donors (Lipinski definition) is 1. The fraction of sp³-hybridized carbons (Fsp3) is 0.480. The molecule has 4 rings (SSSR count). The van der Waals surface area contributed by atoms with Crippen LogP contribution in [-0.2, 0) is 16.8 Å². The van der Waals surface area contributed by atoms with E-state index in [9.17, 15) is 9.90 Å². The Morgan fingerprint density at radius 2 is 1.73 bits per heavy atom. The van der Waals surface area contributed by atoms with Gasteiger partial charge in [0.2, 0.25) is 5.91 Å². The molecule has 1 atom stereocenters. The first-order chi connectivity index (χ1) is 14.3. The summed E-state index contributed by atoms with van der Waals surface area (Å²) in [6.45, 7) is 8.48. The topological polar surface area (TPSA) is 47.0 Å². The largest absolute Gasteiger partial charge is 0.386 e. The van der Waals surface area contributed by atoms with Gasteiger partial charge in [0, 0.05) is 50.0 Å². The third-order valence-corrected chi connectivity index (χ3v) is 6.48. The van der Waals surface area contributed by atoms with Gasteiger partial charge in [0.05, 0.1) is 5.60 Å². The maximum absolute atomic E-state index is 13.2. The van der Waals surface area contributed by atoms with Gasteiger partial charge in [-0.1, -0.05) is 30.3 Å². The normalized spacial score (nSPS) is 20.8. The molecule has 0 bridgehead atoms. The van der Waals surface area contributed by atoms with E-state index < -0.39 is 5.60 Å². The quantitative estimate of drug-likeness (QED) is 0.827. The summed E-state index contributed by atoms with van der Waals surface area (Å²) in [7, 11) is 2.17. The predicted molar refractivity (Wildman–Crippen MR) is 122 cm³/mol. The smallest absolute Gasteiger partial charge is 0.230 e. The van der Waals surface area contributed by atoms with Crippen molar-refractivity contribution in [2.24, 2.45) is 5.92 Å². The van der Waals surface area contributed by atoms with E-state index in [1.165, 1.54) is 11.3 Å². The summed E-state index contributed by atoms with van der Waals surface area (Å²) in [5.41, 5.74) is 3.35. The van der Waals surface area contributed by atoms with Gasteiger partial charge in [0.25, 0.3) is 0 Å². The summed E-state index contributed by atoms with van der Waals surface area (Å²) in [6, 6.07) is 16.3. The fourth-order valence-corrected chi connectivity index (χ4v) is 4.54. The van der Waals surface area contributed by atoms with E-state index in [-0.39, 0.29) is 11.8 Å². The van der Waals surface area contributed by atoms with Crippen LogP contribution in [0.5, 0.6) is 0 Å². The Kier molecular flexibility index (Phi) is 5.85. The van der Waals surface area contributed by atoms with Crippen molar-refractivity contribution in [3.05, 3.63) is 59.7 Å². The van der Waals surface area contributed by atoms with E-state index in [1.807, 2.05) is 29.2 Å². The van der Waals surface area contributed by atoms with Crippen molar-refractivity contribution in [3.8, 4) is 0 Å². The van der Waals surface area contributed by atoms with Gasteiger partial charge in [-0.25, -0.2) is 0 Å². The van der Waals surface area contributed by atoms with E-state index in [0.717, 1.165) is 56.8 Å². The Labute approximate surface area is 179 Å². The highest BCUT2D eigenvalue weighted by Crippen LogP contribution is 2.32. The van der Waals surface area contributed by atoms with Crippen LogP contribution in [0, 0.1) is 5.92 Å². The number of rotatable bonds is 5. The summed E-state index contributed by atoms with van der Waals surface area (Å²) in [5, 5.41) is 10.3. The zero-order chi connectivity index (χ0) is 21.3. The minimum absolute atomic E-state index is 0.00408. The second-order valence-corrected chi connectivity index (χ2v) is 9.21. The van der Waals surface area contributed by atoms with Crippen molar-refractivity contribution in [1.29, 1.82) is 0 Å². The van der Waals surface area contributed by atoms with Gasteiger partial charge in [0.1, 0.15) is 0 Å². The lowest BCUT2D eigenvalue weighted by atomic mass is 9.96. The Morgan fingerprint density at radius 1 is 1.00 bits per heavy atom. The lowest BCUT2D eigenvalue weighted by Gasteiger charge is -2.35. The molecule has 5 heteroatoms. The molecule has 2 saturated heterocycles. The highest BCUT2D eigenvalue weighted by atomic mass is 16.3. The monoisotopic (exact) mass is 407 g/mol. The van der Waals surface area contributed by atoms with E-state index in [0.29, 0.717) is 0 Å². The number of amides is 1. The van der Waals surface area contributed by atoms with Crippen LogP contribution in [-0.4, -0.2) is 55.7 Å². The molecule has 2 aromatic carbocycles. The van der Waals surface area contributed by atoms with Gasteiger partial charge >= 0.3 is 0 Å². The van der Waals surface area contributed by atoms with Gasteiger partial charge in [-0.05, 0) is 63.1 Å². The highest BCUT2D eigenvalue weighted by molar-refractivity contribution is 5.97. The number of benzene rings is 2. The Hall–Kier alpha value is -2.37. The second-order valence-electron chi connectivity index (χ2n) is 9.21. The first-order valence-corrected chi connectivity index (χ1v) is 11.0. The number of aliphatic hydroxyl groups is 1. The molecule has 0 unspecified atom stereocenters. The first-order valence-electron chi connectivity index (χ1n) is 11.0. The Balaban J connectivity index is 1.50. The number of nitrogens with zero attached hydrogens (tertiary/aromatic N) is 3. The molecule has 5 nitrogen and oxygen atoms in total. The van der Waals surface area contributed by atoms with Crippen molar-refractivity contribution in [2.75, 3.05) is 49.6 Å². The summed E-state index contributed by atoms with van der Waals surface area (Å²) in [4.78, 5) is 20.0. The number of piperazine rings is 1. The first kappa shape index (κ1) is 20.9. The zero-order valence-electron chi connectivity index (χ0n) is 18.3. The van der Waals surface area contributed by atoms with Crippen LogP contribution in [0.2, 0.25) is 0 Å². The zero-order valence-corrected chi connectivity index (χ0v) is 18.3. The molecule has 1 N–H and O–H groups in total. The minimum atomic E-state index is -0.917. The molecule has 1 amide bonds. The molecule has 0 saturated carbocycles. The molecule has 2 heterocycles. The third kappa shape index (κ3) is 4.37. The van der Waals surface area contributed by atoms with Crippen LogP contribution in [0.3, 0.4) is 0 Å². The second kappa shape index (κ2) is 8.40. The predicted octanol–water partition coefficient (Wildman–Crippen LogP) is 3.26. The van der Waals surface area contributed by atoms with E-state index in [1.54, 1.807) is 13.8 Å². The summed E-state index contributed by atoms with van der Waals surface area (Å²) in [5.74, 6) is 0.195. The van der Waals surface area contributed by atoms with Crippen molar-refractivity contribution in [3.63, 3.8) is 0 Å². The Bertz CT molecular complexity index is 897. The van der Waals surface area contributed by atoms with Crippen LogP contribution < -0.4 is 9.80 Å². The van der Waals surface area contributed by atoms with Crippen molar-refractivity contribution < 1.29 is 9.90 Å². The molecule has 2 aromatic rings. The lowest BCUT2D eigenvalue weighted by molar-refractivity contribution is -0.120. The van der Waals surface area contributed by atoms with Gasteiger partial charge in [-0.15, -0.1) is 0 Å². The number of hydrogen-bond acceptors (Lipinski definition) is 4. The van der Waals surface area contributed by atoms with Crippen LogP contribution in [0.1, 0.15) is 31.4 Å². The van der Waals surface area contributed by atoms with Crippen molar-refractivity contribution in [2.45, 2.75) is 32.3 Å². The summed E-state index contributed by atoms with van der Waals surface area (Å²) in [6.07, 6.45) is 1.64. The van der Waals surface area contributed by atoms with Gasteiger partial charge in [-0.3, -0.25) is 4.79 Å². The lowest BCUT2D eigenvalue weighted by Crippen LogP contribution is -2.44. The maximum Gasteiger partial charge on any atom is 0.230 e. The minimum Gasteiger partial charge on any atom is -0.386 e. The van der Waals surface area contributed by atoms with Crippen molar-refractivity contribution in [1.82, 2.24) is 4.90 Å². The molecule has 2 aliphatic rings. The molecular weight excluding hydrogens is 374 g/mol. The van der Waals surface area contributed by atoms with Crippen LogP contribution in [0.4, 0.5) is 11.4 Å². The van der Waals surface area contributed by atoms with E-state index in [2.05, 4.69) is 41.1 Å². The SMILES string of the molecule is CN1CCN(c2ccccc2C[C@H]2CCN(c3cccc(C(C)(C)O)c3)C2=O)CC1. The number of carbonyl (C=O) groups is 1. The molecule has 0 spiro atoms. The van der Waals surface area contributed by atoms with Crippen LogP contribution in [0.15, 0.2) is 48.5 Å². The van der Waals surface area contributed by atoms with Crippen LogP contribution in [0.25, 0.3) is 0 Å². The number of likely N-dealkylation sites (N-methyl/N-ethyl adjacent to an activating group) is 1. The fourth-order valence-electron chi connectivity index (χ4n) is 4.54. The molecule has 2 fully saturated rings. The average Bonchev–Trinajstić information content (AvgIpc) is 3.09. The van der Waals surface area contributed by atoms with E-state index >= 15 is 0 Å². The molecular formula is C25H33N3O2. The molecule has 30 heavy (non-hydrogen) atoms. The average molecular weight is 408 g/mol.